The molecule has 0 saturated carbocycles. The van der Waals surface area contributed by atoms with Crippen molar-refractivity contribution >= 4 is 0 Å². The average Bonchev–Trinajstić information content (AvgIpc) is 2.91. The standard InChI is InChI=1S/C10H16N6/c1-2-4-16-5-3-12-10(16)7-11-6-9-13-8-14-15-9/h3,5,8,11H,2,4,6-7H2,1H3,(H,13,14,15). The lowest BCUT2D eigenvalue weighted by molar-refractivity contribution is 0.580. The first-order valence-corrected chi connectivity index (χ1v) is 5.45. The highest BCUT2D eigenvalue weighted by Crippen LogP contribution is 1.99. The zero-order valence-electron chi connectivity index (χ0n) is 9.35. The Morgan fingerprint density at radius 3 is 3.06 bits per heavy atom. The molecule has 6 nitrogen and oxygen atoms in total. The third-order valence-electron chi connectivity index (χ3n) is 2.31. The molecular weight excluding hydrogens is 204 g/mol. The van der Waals surface area contributed by atoms with Crippen molar-refractivity contribution in [2.45, 2.75) is 33.0 Å². The van der Waals surface area contributed by atoms with Gasteiger partial charge in [-0.05, 0) is 6.42 Å². The van der Waals surface area contributed by atoms with Crippen LogP contribution >= 0.6 is 0 Å². The lowest BCUT2D eigenvalue weighted by atomic mass is 10.4. The third kappa shape index (κ3) is 2.66. The quantitative estimate of drug-likeness (QED) is 0.751. The molecule has 0 aromatic carbocycles. The van der Waals surface area contributed by atoms with Crippen LogP contribution < -0.4 is 5.32 Å². The van der Waals surface area contributed by atoms with Gasteiger partial charge < -0.3 is 9.88 Å². The van der Waals surface area contributed by atoms with Gasteiger partial charge in [0.25, 0.3) is 0 Å². The Hall–Kier alpha value is -1.69. The van der Waals surface area contributed by atoms with Crippen LogP contribution in [0.15, 0.2) is 18.7 Å². The van der Waals surface area contributed by atoms with Gasteiger partial charge in [-0.1, -0.05) is 6.92 Å². The van der Waals surface area contributed by atoms with Gasteiger partial charge in [-0.15, -0.1) is 0 Å². The summed E-state index contributed by atoms with van der Waals surface area (Å²) in [6, 6.07) is 0. The summed E-state index contributed by atoms with van der Waals surface area (Å²) < 4.78 is 2.16. The molecule has 2 aromatic rings. The molecular formula is C10H16N6. The van der Waals surface area contributed by atoms with Gasteiger partial charge in [-0.2, -0.15) is 5.10 Å². The molecule has 16 heavy (non-hydrogen) atoms. The van der Waals surface area contributed by atoms with Crippen LogP contribution in [0.4, 0.5) is 0 Å². The van der Waals surface area contributed by atoms with Crippen molar-refractivity contribution in [1.29, 1.82) is 0 Å². The van der Waals surface area contributed by atoms with Gasteiger partial charge >= 0.3 is 0 Å². The molecule has 0 amide bonds. The van der Waals surface area contributed by atoms with Gasteiger partial charge in [0.15, 0.2) is 0 Å². The highest BCUT2D eigenvalue weighted by atomic mass is 15.2. The number of rotatable bonds is 6. The van der Waals surface area contributed by atoms with E-state index in [-0.39, 0.29) is 0 Å². The lowest BCUT2D eigenvalue weighted by Crippen LogP contribution is -2.17. The summed E-state index contributed by atoms with van der Waals surface area (Å²) in [5.41, 5.74) is 0. The Labute approximate surface area is 94.1 Å². The maximum atomic E-state index is 4.31. The second-order valence-corrected chi connectivity index (χ2v) is 3.57. The normalized spacial score (nSPS) is 10.8. The SMILES string of the molecule is CCCn1ccnc1CNCc1ncn[nH]1. The second kappa shape index (κ2) is 5.41. The van der Waals surface area contributed by atoms with E-state index >= 15 is 0 Å². The van der Waals surface area contributed by atoms with Crippen LogP contribution in [0.3, 0.4) is 0 Å². The zero-order valence-corrected chi connectivity index (χ0v) is 9.35. The summed E-state index contributed by atoms with van der Waals surface area (Å²) in [6.45, 7) is 4.59. The highest BCUT2D eigenvalue weighted by molar-refractivity contribution is 4.92. The van der Waals surface area contributed by atoms with Crippen LogP contribution in [0.5, 0.6) is 0 Å². The van der Waals surface area contributed by atoms with E-state index in [1.807, 2.05) is 12.4 Å². The summed E-state index contributed by atoms with van der Waals surface area (Å²) in [5.74, 6) is 1.90. The van der Waals surface area contributed by atoms with Gasteiger partial charge in [0.05, 0.1) is 13.1 Å². The number of hydrogen-bond donors (Lipinski definition) is 2. The molecule has 0 unspecified atom stereocenters. The maximum Gasteiger partial charge on any atom is 0.138 e. The molecule has 0 spiro atoms. The number of H-pyrrole nitrogens is 1. The molecule has 0 saturated heterocycles. The van der Waals surface area contributed by atoms with E-state index < -0.39 is 0 Å². The van der Waals surface area contributed by atoms with E-state index in [0.717, 1.165) is 31.2 Å². The van der Waals surface area contributed by atoms with Gasteiger partial charge in [0.2, 0.25) is 0 Å². The Kier molecular flexibility index (Phi) is 3.66. The number of nitrogens with one attached hydrogen (secondary N) is 2. The minimum Gasteiger partial charge on any atom is -0.334 e. The van der Waals surface area contributed by atoms with Crippen LogP contribution in [-0.2, 0) is 19.6 Å². The van der Waals surface area contributed by atoms with E-state index in [0.29, 0.717) is 6.54 Å². The number of aromatic nitrogens is 5. The number of aromatic amines is 1. The van der Waals surface area contributed by atoms with Gasteiger partial charge in [0.1, 0.15) is 18.0 Å². The predicted octanol–water partition coefficient (Wildman–Crippen LogP) is 0.701. The van der Waals surface area contributed by atoms with Gasteiger partial charge in [-0.25, -0.2) is 9.97 Å². The average molecular weight is 220 g/mol. The fourth-order valence-electron chi connectivity index (χ4n) is 1.56. The van der Waals surface area contributed by atoms with Crippen LogP contribution in [0, 0.1) is 0 Å². The van der Waals surface area contributed by atoms with E-state index in [1.165, 1.54) is 6.33 Å². The molecule has 0 aliphatic carbocycles. The molecule has 0 aliphatic rings. The van der Waals surface area contributed by atoms with Gasteiger partial charge in [0, 0.05) is 18.9 Å². The Morgan fingerprint density at radius 1 is 1.38 bits per heavy atom. The summed E-state index contributed by atoms with van der Waals surface area (Å²) in [6.07, 6.45) is 6.47. The number of nitrogens with zero attached hydrogens (tertiary/aromatic N) is 4. The van der Waals surface area contributed by atoms with Crippen molar-refractivity contribution in [3.05, 3.63) is 30.4 Å². The van der Waals surface area contributed by atoms with E-state index in [9.17, 15) is 0 Å². The van der Waals surface area contributed by atoms with Crippen molar-refractivity contribution in [2.24, 2.45) is 0 Å². The van der Waals surface area contributed by atoms with E-state index in [4.69, 9.17) is 0 Å². The smallest absolute Gasteiger partial charge is 0.138 e. The highest BCUT2D eigenvalue weighted by Gasteiger charge is 2.01. The lowest BCUT2D eigenvalue weighted by Gasteiger charge is -2.06. The van der Waals surface area contributed by atoms with Gasteiger partial charge in [-0.3, -0.25) is 5.10 Å². The van der Waals surface area contributed by atoms with Crippen LogP contribution in [0.2, 0.25) is 0 Å². The Morgan fingerprint density at radius 2 is 2.31 bits per heavy atom. The molecule has 86 valence electrons. The minimum absolute atomic E-state index is 0.680. The minimum atomic E-state index is 0.680. The Balaban J connectivity index is 1.82. The first-order valence-electron chi connectivity index (χ1n) is 5.45. The molecule has 0 radical (unpaired) electrons. The summed E-state index contributed by atoms with van der Waals surface area (Å²) in [4.78, 5) is 8.35. The molecule has 2 rings (SSSR count). The predicted molar refractivity (Wildman–Crippen MR) is 59.4 cm³/mol. The van der Waals surface area contributed by atoms with Crippen LogP contribution in [0.25, 0.3) is 0 Å². The molecule has 0 atom stereocenters. The van der Waals surface area contributed by atoms with Crippen LogP contribution in [-0.4, -0.2) is 24.7 Å². The molecule has 6 heteroatoms. The molecule has 0 aliphatic heterocycles. The van der Waals surface area contributed by atoms with Crippen molar-refractivity contribution in [3.63, 3.8) is 0 Å². The molecule has 0 bridgehead atoms. The molecule has 0 fully saturated rings. The van der Waals surface area contributed by atoms with E-state index in [2.05, 4.69) is 37.0 Å². The van der Waals surface area contributed by atoms with E-state index in [1.54, 1.807) is 0 Å². The summed E-state index contributed by atoms with van der Waals surface area (Å²) >= 11 is 0. The van der Waals surface area contributed by atoms with Crippen LogP contribution in [0.1, 0.15) is 25.0 Å². The Bertz CT molecular complexity index is 405. The molecule has 2 heterocycles. The second-order valence-electron chi connectivity index (χ2n) is 3.57. The zero-order chi connectivity index (χ0) is 11.2. The van der Waals surface area contributed by atoms with Crippen molar-refractivity contribution in [1.82, 2.24) is 30.0 Å². The number of hydrogen-bond acceptors (Lipinski definition) is 4. The monoisotopic (exact) mass is 220 g/mol. The molecule has 2 aromatic heterocycles. The first kappa shape index (κ1) is 10.8. The molecule has 2 N–H and O–H groups in total. The fraction of sp³-hybridized carbons (Fsp3) is 0.500. The third-order valence-corrected chi connectivity index (χ3v) is 2.31. The largest absolute Gasteiger partial charge is 0.334 e. The topological polar surface area (TPSA) is 71.4 Å². The fourth-order valence-corrected chi connectivity index (χ4v) is 1.56. The summed E-state index contributed by atoms with van der Waals surface area (Å²) in [7, 11) is 0. The van der Waals surface area contributed by atoms with Crippen molar-refractivity contribution < 1.29 is 0 Å². The van der Waals surface area contributed by atoms with Crippen molar-refractivity contribution in [3.8, 4) is 0 Å². The van der Waals surface area contributed by atoms with Crippen molar-refractivity contribution in [2.75, 3.05) is 0 Å². The number of imidazole rings is 1. The maximum absolute atomic E-state index is 4.31. The number of aryl methyl sites for hydroxylation is 1. The first-order chi connectivity index (χ1) is 7.90. The summed E-state index contributed by atoms with van der Waals surface area (Å²) in [5, 5.41) is 9.87.